The average molecular weight is 283 g/mol. The molecule has 104 valence electrons. The molecule has 19 heavy (non-hydrogen) atoms. The third-order valence-electron chi connectivity index (χ3n) is 3.36. The van der Waals surface area contributed by atoms with Gasteiger partial charge in [0, 0.05) is 30.4 Å². The molecule has 1 aromatic carbocycles. The Bertz CT molecular complexity index is 459. The van der Waals surface area contributed by atoms with Crippen molar-refractivity contribution in [2.24, 2.45) is 0 Å². The number of ether oxygens (including phenoxy) is 1. The van der Waals surface area contributed by atoms with Crippen LogP contribution in [0.5, 0.6) is 0 Å². The summed E-state index contributed by atoms with van der Waals surface area (Å²) in [7, 11) is 0. The maximum atomic E-state index is 12.5. The van der Waals surface area contributed by atoms with Crippen molar-refractivity contribution in [3.63, 3.8) is 0 Å². The van der Waals surface area contributed by atoms with E-state index >= 15 is 0 Å². The number of nitrogen functional groups attached to an aromatic ring is 1. The Hall–Kier alpha value is -1.26. The monoisotopic (exact) mass is 282 g/mol. The minimum absolute atomic E-state index is 0.0852. The van der Waals surface area contributed by atoms with Crippen LogP contribution in [0.2, 0.25) is 5.02 Å². The predicted molar refractivity (Wildman–Crippen MR) is 76.4 cm³/mol. The number of hydrogen-bond acceptors (Lipinski definition) is 3. The summed E-state index contributed by atoms with van der Waals surface area (Å²) >= 11 is 5.93. The number of likely N-dealkylation sites (N-methyl/N-ethyl adjacent to an activating group) is 1. The van der Waals surface area contributed by atoms with Gasteiger partial charge in [0.25, 0.3) is 5.91 Å². The second kappa shape index (κ2) is 6.26. The Kier molecular flexibility index (Phi) is 4.66. The molecule has 1 saturated heterocycles. The van der Waals surface area contributed by atoms with Gasteiger partial charge in [-0.3, -0.25) is 4.79 Å². The average Bonchev–Trinajstić information content (AvgIpc) is 2.91. The normalized spacial score (nSPS) is 18.5. The molecule has 1 aromatic rings. The zero-order valence-corrected chi connectivity index (χ0v) is 11.8. The van der Waals surface area contributed by atoms with E-state index in [1.165, 1.54) is 0 Å². The highest BCUT2D eigenvalue weighted by Gasteiger charge is 2.23. The standard InChI is InChI=1S/C14H19ClN2O2/c1-2-17(9-11-4-3-7-19-11)14(18)12-8-10(15)5-6-13(12)16/h5-6,8,11H,2-4,7,9,16H2,1H3. The first-order valence-electron chi connectivity index (χ1n) is 6.57. The lowest BCUT2D eigenvalue weighted by molar-refractivity contribution is 0.0540. The molecule has 1 amide bonds. The van der Waals surface area contributed by atoms with Crippen molar-refractivity contribution in [3.05, 3.63) is 28.8 Å². The van der Waals surface area contributed by atoms with E-state index < -0.39 is 0 Å². The van der Waals surface area contributed by atoms with Crippen LogP contribution >= 0.6 is 11.6 Å². The molecule has 5 heteroatoms. The Balaban J connectivity index is 2.12. The number of benzene rings is 1. The number of anilines is 1. The second-order valence-corrected chi connectivity index (χ2v) is 5.15. The lowest BCUT2D eigenvalue weighted by Crippen LogP contribution is -2.37. The Labute approximate surface area is 118 Å². The molecule has 1 atom stereocenters. The van der Waals surface area contributed by atoms with Crippen molar-refractivity contribution in [2.75, 3.05) is 25.4 Å². The molecule has 1 aliphatic heterocycles. The van der Waals surface area contributed by atoms with Crippen LogP contribution in [0.1, 0.15) is 30.1 Å². The number of nitrogens with two attached hydrogens (primary N) is 1. The fraction of sp³-hybridized carbons (Fsp3) is 0.500. The largest absolute Gasteiger partial charge is 0.398 e. The number of carbonyl (C=O) groups excluding carboxylic acids is 1. The molecule has 1 aliphatic rings. The highest BCUT2D eigenvalue weighted by atomic mass is 35.5. The first-order chi connectivity index (χ1) is 9.11. The molecule has 2 rings (SSSR count). The van der Waals surface area contributed by atoms with Gasteiger partial charge < -0.3 is 15.4 Å². The Morgan fingerprint density at radius 1 is 1.58 bits per heavy atom. The van der Waals surface area contributed by atoms with Crippen molar-refractivity contribution in [1.82, 2.24) is 4.90 Å². The number of halogens is 1. The minimum atomic E-state index is -0.0852. The Morgan fingerprint density at radius 2 is 2.37 bits per heavy atom. The zero-order chi connectivity index (χ0) is 13.8. The smallest absolute Gasteiger partial charge is 0.256 e. The van der Waals surface area contributed by atoms with E-state index in [4.69, 9.17) is 22.1 Å². The molecule has 0 spiro atoms. The molecular formula is C14H19ClN2O2. The van der Waals surface area contributed by atoms with Gasteiger partial charge in [-0.15, -0.1) is 0 Å². The third-order valence-corrected chi connectivity index (χ3v) is 3.60. The van der Waals surface area contributed by atoms with Crippen LogP contribution in [-0.2, 0) is 4.74 Å². The maximum absolute atomic E-state index is 12.5. The molecule has 0 radical (unpaired) electrons. The summed E-state index contributed by atoms with van der Waals surface area (Å²) in [6.45, 7) is 3.98. The molecule has 0 aliphatic carbocycles. The number of nitrogens with zero attached hydrogens (tertiary/aromatic N) is 1. The highest BCUT2D eigenvalue weighted by molar-refractivity contribution is 6.31. The maximum Gasteiger partial charge on any atom is 0.256 e. The fourth-order valence-corrected chi connectivity index (χ4v) is 2.45. The minimum Gasteiger partial charge on any atom is -0.398 e. The van der Waals surface area contributed by atoms with Crippen molar-refractivity contribution in [1.29, 1.82) is 0 Å². The van der Waals surface area contributed by atoms with Crippen molar-refractivity contribution < 1.29 is 9.53 Å². The van der Waals surface area contributed by atoms with Crippen LogP contribution in [0, 0.1) is 0 Å². The molecule has 4 nitrogen and oxygen atoms in total. The van der Waals surface area contributed by atoms with Crippen LogP contribution in [0.4, 0.5) is 5.69 Å². The van der Waals surface area contributed by atoms with Gasteiger partial charge in [0.1, 0.15) is 0 Å². The highest BCUT2D eigenvalue weighted by Crippen LogP contribution is 2.21. The fourth-order valence-electron chi connectivity index (χ4n) is 2.27. The molecule has 2 N–H and O–H groups in total. The second-order valence-electron chi connectivity index (χ2n) is 4.71. The number of amides is 1. The molecule has 0 aromatic heterocycles. The van der Waals surface area contributed by atoms with Crippen molar-refractivity contribution in [3.8, 4) is 0 Å². The molecule has 1 fully saturated rings. The van der Waals surface area contributed by atoms with Gasteiger partial charge in [0.2, 0.25) is 0 Å². The lowest BCUT2D eigenvalue weighted by Gasteiger charge is -2.24. The topological polar surface area (TPSA) is 55.6 Å². The van der Waals surface area contributed by atoms with Crippen LogP contribution in [0.3, 0.4) is 0 Å². The van der Waals surface area contributed by atoms with Gasteiger partial charge in [0.15, 0.2) is 0 Å². The summed E-state index contributed by atoms with van der Waals surface area (Å²) in [5.41, 5.74) is 6.78. The lowest BCUT2D eigenvalue weighted by atomic mass is 10.1. The molecule has 1 heterocycles. The SMILES string of the molecule is CCN(CC1CCCO1)C(=O)c1cc(Cl)ccc1N. The summed E-state index contributed by atoms with van der Waals surface area (Å²) in [4.78, 5) is 14.2. The quantitative estimate of drug-likeness (QED) is 0.864. The molecule has 0 saturated carbocycles. The summed E-state index contributed by atoms with van der Waals surface area (Å²) in [5, 5.41) is 0.519. The summed E-state index contributed by atoms with van der Waals surface area (Å²) in [5.74, 6) is -0.0852. The van der Waals surface area contributed by atoms with E-state index in [0.717, 1.165) is 19.4 Å². The van der Waals surface area contributed by atoms with Crippen LogP contribution in [0.15, 0.2) is 18.2 Å². The summed E-state index contributed by atoms with van der Waals surface area (Å²) in [6, 6.07) is 4.97. The van der Waals surface area contributed by atoms with E-state index in [1.807, 2.05) is 6.92 Å². The van der Waals surface area contributed by atoms with E-state index in [9.17, 15) is 4.79 Å². The first kappa shape index (κ1) is 14.2. The predicted octanol–water partition coefficient (Wildman–Crippen LogP) is 2.56. The van der Waals surface area contributed by atoms with Gasteiger partial charge in [-0.2, -0.15) is 0 Å². The number of carbonyl (C=O) groups is 1. The van der Waals surface area contributed by atoms with Crippen LogP contribution in [0.25, 0.3) is 0 Å². The van der Waals surface area contributed by atoms with E-state index in [2.05, 4.69) is 0 Å². The van der Waals surface area contributed by atoms with E-state index in [0.29, 0.717) is 29.4 Å². The summed E-state index contributed by atoms with van der Waals surface area (Å²) in [6.07, 6.45) is 2.22. The molecule has 0 bridgehead atoms. The first-order valence-corrected chi connectivity index (χ1v) is 6.95. The van der Waals surface area contributed by atoms with Gasteiger partial charge in [-0.05, 0) is 38.0 Å². The van der Waals surface area contributed by atoms with Crippen molar-refractivity contribution in [2.45, 2.75) is 25.9 Å². The van der Waals surface area contributed by atoms with E-state index in [-0.39, 0.29) is 12.0 Å². The molecular weight excluding hydrogens is 264 g/mol. The van der Waals surface area contributed by atoms with Crippen LogP contribution < -0.4 is 5.73 Å². The van der Waals surface area contributed by atoms with Crippen molar-refractivity contribution >= 4 is 23.2 Å². The molecule has 1 unspecified atom stereocenters. The van der Waals surface area contributed by atoms with Gasteiger partial charge in [-0.1, -0.05) is 11.6 Å². The summed E-state index contributed by atoms with van der Waals surface area (Å²) < 4.78 is 5.57. The van der Waals surface area contributed by atoms with Gasteiger partial charge >= 0.3 is 0 Å². The number of rotatable bonds is 4. The van der Waals surface area contributed by atoms with Crippen LogP contribution in [-0.4, -0.2) is 36.6 Å². The number of hydrogen-bond donors (Lipinski definition) is 1. The Morgan fingerprint density at radius 3 is 3.00 bits per heavy atom. The zero-order valence-electron chi connectivity index (χ0n) is 11.1. The van der Waals surface area contributed by atoms with Gasteiger partial charge in [0.05, 0.1) is 11.7 Å². The van der Waals surface area contributed by atoms with E-state index in [1.54, 1.807) is 23.1 Å². The third kappa shape index (κ3) is 3.39. The van der Waals surface area contributed by atoms with Gasteiger partial charge in [-0.25, -0.2) is 0 Å².